The first-order valence-electron chi connectivity index (χ1n) is 8.88. The normalized spacial score (nSPS) is 10.8. The molecule has 1 aromatic heterocycles. The summed E-state index contributed by atoms with van der Waals surface area (Å²) in [5.41, 5.74) is 3.14. The molecular weight excluding hydrogens is 499 g/mol. The third-order valence-corrected chi connectivity index (χ3v) is 5.04. The molecule has 0 aliphatic rings. The summed E-state index contributed by atoms with van der Waals surface area (Å²) in [6.07, 6.45) is 0. The van der Waals surface area contributed by atoms with Crippen molar-refractivity contribution in [2.24, 2.45) is 4.99 Å². The van der Waals surface area contributed by atoms with Gasteiger partial charge in [0.1, 0.15) is 16.5 Å². The molecule has 0 aliphatic carbocycles. The summed E-state index contributed by atoms with van der Waals surface area (Å²) in [4.78, 5) is 8.97. The minimum absolute atomic E-state index is 0. The van der Waals surface area contributed by atoms with Crippen molar-refractivity contribution in [3.63, 3.8) is 0 Å². The average molecular weight is 524 g/mol. The second-order valence-electron chi connectivity index (χ2n) is 5.95. The van der Waals surface area contributed by atoms with Crippen molar-refractivity contribution in [3.05, 3.63) is 64.5 Å². The van der Waals surface area contributed by atoms with Crippen LogP contribution in [-0.4, -0.2) is 32.2 Å². The quantitative estimate of drug-likeness (QED) is 0.274. The summed E-state index contributed by atoms with van der Waals surface area (Å²) in [5.74, 6) is 2.24. The fraction of sp³-hybridized carbons (Fsp3) is 0.238. The van der Waals surface area contributed by atoms with Crippen LogP contribution < -0.4 is 20.1 Å². The highest BCUT2D eigenvalue weighted by molar-refractivity contribution is 14.0. The van der Waals surface area contributed by atoms with Gasteiger partial charge in [-0.1, -0.05) is 30.3 Å². The van der Waals surface area contributed by atoms with E-state index in [4.69, 9.17) is 14.5 Å². The molecule has 6 nitrogen and oxygen atoms in total. The Morgan fingerprint density at radius 2 is 1.79 bits per heavy atom. The maximum absolute atomic E-state index is 5.44. The van der Waals surface area contributed by atoms with Crippen molar-refractivity contribution in [2.45, 2.75) is 13.1 Å². The maximum Gasteiger partial charge on any atom is 0.191 e. The van der Waals surface area contributed by atoms with Crippen LogP contribution in [0.3, 0.4) is 0 Å². The molecule has 1 heterocycles. The number of nitrogens with one attached hydrogen (secondary N) is 2. The molecule has 0 aliphatic heterocycles. The molecule has 2 N–H and O–H groups in total. The van der Waals surface area contributed by atoms with Crippen LogP contribution >= 0.6 is 35.3 Å². The van der Waals surface area contributed by atoms with Gasteiger partial charge in [-0.15, -0.1) is 35.3 Å². The lowest BCUT2D eigenvalue weighted by atomic mass is 10.2. The van der Waals surface area contributed by atoms with Crippen LogP contribution in [0.1, 0.15) is 10.6 Å². The van der Waals surface area contributed by atoms with Gasteiger partial charge in [-0.2, -0.15) is 0 Å². The molecule has 0 fully saturated rings. The van der Waals surface area contributed by atoms with Crippen LogP contribution in [0.25, 0.3) is 11.3 Å². The summed E-state index contributed by atoms with van der Waals surface area (Å²) >= 11 is 1.63. The highest BCUT2D eigenvalue weighted by atomic mass is 127. The molecule has 0 unspecified atom stereocenters. The fourth-order valence-electron chi connectivity index (χ4n) is 2.69. The van der Waals surface area contributed by atoms with E-state index in [0.717, 1.165) is 33.3 Å². The number of methoxy groups -OCH3 is 2. The van der Waals surface area contributed by atoms with Crippen LogP contribution in [0.4, 0.5) is 0 Å². The van der Waals surface area contributed by atoms with Gasteiger partial charge in [0.05, 0.1) is 26.5 Å². The molecule has 0 amide bonds. The number of thiazole rings is 1. The molecule has 3 rings (SSSR count). The lowest BCUT2D eigenvalue weighted by Crippen LogP contribution is -2.36. The Morgan fingerprint density at radius 1 is 1.03 bits per heavy atom. The zero-order valence-electron chi connectivity index (χ0n) is 16.6. The highest BCUT2D eigenvalue weighted by Gasteiger charge is 2.08. The summed E-state index contributed by atoms with van der Waals surface area (Å²) in [6.45, 7) is 1.19. The Kier molecular flexibility index (Phi) is 9.20. The van der Waals surface area contributed by atoms with E-state index in [1.165, 1.54) is 0 Å². The second-order valence-corrected chi connectivity index (χ2v) is 6.89. The Morgan fingerprint density at radius 3 is 2.48 bits per heavy atom. The highest BCUT2D eigenvalue weighted by Crippen LogP contribution is 2.24. The monoisotopic (exact) mass is 524 g/mol. The lowest BCUT2D eigenvalue weighted by molar-refractivity contribution is 0.390. The number of guanidine groups is 1. The predicted octanol–water partition coefficient (Wildman–Crippen LogP) is 4.31. The van der Waals surface area contributed by atoms with Gasteiger partial charge < -0.3 is 20.1 Å². The summed E-state index contributed by atoms with van der Waals surface area (Å²) < 4.78 is 10.7. The third-order valence-electron chi connectivity index (χ3n) is 4.19. The molecule has 2 aromatic carbocycles. The zero-order chi connectivity index (χ0) is 19.8. The molecule has 0 saturated carbocycles. The van der Waals surface area contributed by atoms with Crippen molar-refractivity contribution < 1.29 is 9.47 Å². The standard InChI is InChI=1S/C21H24N4O2S.HI/c1-22-21(23-12-16-9-10-17(26-2)11-19(16)27-3)24-13-20-25-18(14-28-20)15-7-5-4-6-8-15;/h4-11,14H,12-13H2,1-3H3,(H2,22,23,24);1H. The second kappa shape index (κ2) is 11.6. The van der Waals surface area contributed by atoms with Crippen LogP contribution in [-0.2, 0) is 13.1 Å². The van der Waals surface area contributed by atoms with E-state index >= 15 is 0 Å². The molecule has 0 bridgehead atoms. The van der Waals surface area contributed by atoms with Gasteiger partial charge >= 0.3 is 0 Å². The largest absolute Gasteiger partial charge is 0.497 e. The lowest BCUT2D eigenvalue weighted by Gasteiger charge is -2.14. The van der Waals surface area contributed by atoms with Gasteiger partial charge in [0.25, 0.3) is 0 Å². The Balaban J connectivity index is 0.00000300. The number of aromatic nitrogens is 1. The number of hydrogen-bond acceptors (Lipinski definition) is 5. The minimum Gasteiger partial charge on any atom is -0.497 e. The van der Waals surface area contributed by atoms with Crippen LogP contribution in [0.5, 0.6) is 11.5 Å². The van der Waals surface area contributed by atoms with E-state index in [2.05, 4.69) is 33.1 Å². The number of aliphatic imine (C=N–C) groups is 1. The predicted molar refractivity (Wildman–Crippen MR) is 130 cm³/mol. The van der Waals surface area contributed by atoms with Crippen LogP contribution in [0, 0.1) is 0 Å². The van der Waals surface area contributed by atoms with E-state index in [-0.39, 0.29) is 24.0 Å². The van der Waals surface area contributed by atoms with Gasteiger partial charge in [0, 0.05) is 36.2 Å². The summed E-state index contributed by atoms with van der Waals surface area (Å²) in [7, 11) is 5.04. The number of benzene rings is 2. The van der Waals surface area contributed by atoms with E-state index in [1.807, 2.05) is 36.4 Å². The van der Waals surface area contributed by atoms with Crippen LogP contribution in [0.2, 0.25) is 0 Å². The molecule has 0 spiro atoms. The molecule has 29 heavy (non-hydrogen) atoms. The van der Waals surface area contributed by atoms with Gasteiger partial charge in [-0.05, 0) is 12.1 Å². The van der Waals surface area contributed by atoms with Crippen molar-refractivity contribution in [1.29, 1.82) is 0 Å². The smallest absolute Gasteiger partial charge is 0.191 e. The maximum atomic E-state index is 5.44. The molecule has 0 saturated heterocycles. The molecular formula is C21H25IN4O2S. The Bertz CT molecular complexity index is 931. The van der Waals surface area contributed by atoms with Crippen molar-refractivity contribution in [3.8, 4) is 22.8 Å². The molecule has 154 valence electrons. The Labute approximate surface area is 192 Å². The zero-order valence-corrected chi connectivity index (χ0v) is 19.8. The fourth-order valence-corrected chi connectivity index (χ4v) is 3.43. The average Bonchev–Trinajstić information content (AvgIpc) is 3.23. The van der Waals surface area contributed by atoms with Gasteiger partial charge in [-0.3, -0.25) is 4.99 Å². The summed E-state index contributed by atoms with van der Waals surface area (Å²) in [5, 5.41) is 9.68. The Hall–Kier alpha value is -2.33. The van der Waals surface area contributed by atoms with Gasteiger partial charge in [0.15, 0.2) is 5.96 Å². The molecule has 8 heteroatoms. The first-order chi connectivity index (χ1) is 13.7. The number of rotatable bonds is 7. The van der Waals surface area contributed by atoms with Crippen molar-refractivity contribution >= 4 is 41.3 Å². The first-order valence-corrected chi connectivity index (χ1v) is 9.76. The van der Waals surface area contributed by atoms with Gasteiger partial charge in [-0.25, -0.2) is 4.98 Å². The van der Waals surface area contributed by atoms with E-state index in [1.54, 1.807) is 32.6 Å². The first kappa shape index (κ1) is 23.0. The summed E-state index contributed by atoms with van der Waals surface area (Å²) in [6, 6.07) is 15.9. The van der Waals surface area contributed by atoms with Crippen molar-refractivity contribution in [1.82, 2.24) is 15.6 Å². The van der Waals surface area contributed by atoms with E-state index in [9.17, 15) is 0 Å². The molecule has 0 radical (unpaired) electrons. The van der Waals surface area contributed by atoms with E-state index < -0.39 is 0 Å². The number of nitrogens with zero attached hydrogens (tertiary/aromatic N) is 2. The topological polar surface area (TPSA) is 67.8 Å². The third kappa shape index (κ3) is 6.33. The SMILES string of the molecule is CN=C(NCc1nc(-c2ccccc2)cs1)NCc1ccc(OC)cc1OC.I. The number of hydrogen-bond donors (Lipinski definition) is 2. The number of ether oxygens (including phenoxy) is 2. The van der Waals surface area contributed by atoms with Crippen molar-refractivity contribution in [2.75, 3.05) is 21.3 Å². The minimum atomic E-state index is 0. The molecule has 3 aromatic rings. The number of halogens is 1. The van der Waals surface area contributed by atoms with E-state index in [0.29, 0.717) is 19.0 Å². The van der Waals surface area contributed by atoms with Gasteiger partial charge in [0.2, 0.25) is 0 Å². The van der Waals surface area contributed by atoms with Crippen LogP contribution in [0.15, 0.2) is 58.9 Å². The molecule has 0 atom stereocenters.